The second-order valence-electron chi connectivity index (χ2n) is 0.516. The topological polar surface area (TPSA) is 202 Å². The number of aliphatic hydroxyl groups is 4. The Kier molecular flexibility index (Phi) is 345. The van der Waals surface area contributed by atoms with E-state index in [4.69, 9.17) is 40.9 Å². The fourth-order valence-electron chi connectivity index (χ4n) is 0. The third-order valence-electron chi connectivity index (χ3n) is 0. The van der Waals surface area contributed by atoms with E-state index in [-0.39, 0.29) is 12.9 Å². The average Bonchev–Trinajstić information content (AvgIpc) is 1.92. The summed E-state index contributed by atoms with van der Waals surface area (Å²) in [5.74, 6) is 0. The maximum absolute atomic E-state index is 8.49. The van der Waals surface area contributed by atoms with Gasteiger partial charge in [-0.2, -0.15) is 0 Å². The zero-order valence-corrected chi connectivity index (χ0v) is 7.16. The predicted octanol–water partition coefficient (Wildman–Crippen LogP) is -6.85. The Morgan fingerprint density at radius 3 is 0.571 bits per heavy atom. The van der Waals surface area contributed by atoms with Gasteiger partial charge in [0.15, 0.2) is 0 Å². The predicted molar refractivity (Wildman–Crippen MR) is 32.3 cm³/mol. The molecule has 86 valence electrons. The third kappa shape index (κ3) is 10200. The largest absolute Gasteiger partial charge is 4.00 e. The third-order valence-corrected chi connectivity index (χ3v) is 0. The minimum atomic E-state index is -1.00. The minimum Gasteiger partial charge on any atom is -0.834 e. The van der Waals surface area contributed by atoms with Crippen LogP contribution < -0.4 is 20.4 Å². The van der Waals surface area contributed by atoms with Gasteiger partial charge in [-0.05, 0) is 27.2 Å². The summed E-state index contributed by atoms with van der Waals surface area (Å²) in [5.41, 5.74) is 0. The second-order valence-corrected chi connectivity index (χ2v) is 0.516. The second kappa shape index (κ2) is 129. The number of rotatable bonds is 0. The van der Waals surface area contributed by atoms with Crippen molar-refractivity contribution in [1.82, 2.24) is 0 Å². The maximum atomic E-state index is 8.49. The molecule has 0 saturated heterocycles. The Bertz CT molecular complexity index is 21.2. The molecule has 9 heteroatoms. The van der Waals surface area contributed by atoms with Crippen molar-refractivity contribution in [2.45, 2.75) is 0 Å². The van der Waals surface area contributed by atoms with E-state index in [9.17, 15) is 0 Å². The first kappa shape index (κ1) is 37.3. The Hall–Kier alpha value is -0.360. The van der Waals surface area contributed by atoms with Gasteiger partial charge in [0.1, 0.15) is 0 Å². The van der Waals surface area contributed by atoms with Crippen LogP contribution in [0.1, 0.15) is 0 Å². The summed E-state index contributed by atoms with van der Waals surface area (Å²) in [6.45, 7) is -4.00. The number of hydrogen-bond donors (Lipinski definition) is 4. The van der Waals surface area contributed by atoms with E-state index in [1.165, 1.54) is 0 Å². The van der Waals surface area contributed by atoms with Gasteiger partial charge >= 0.3 is 7.43 Å². The summed E-state index contributed by atoms with van der Waals surface area (Å²) in [7, 11) is 0. The molecule has 0 heterocycles. The molecule has 0 aliphatic carbocycles. The Morgan fingerprint density at radius 2 is 0.571 bits per heavy atom. The molecule has 0 aliphatic rings. The van der Waals surface area contributed by atoms with Crippen LogP contribution in [0.15, 0.2) is 0 Å². The first-order valence-corrected chi connectivity index (χ1v) is 2.42. The molecule has 4 N–H and O–H groups in total. The van der Waals surface area contributed by atoms with Crippen molar-refractivity contribution < 1.29 is 46.3 Å². The van der Waals surface area contributed by atoms with E-state index < -0.39 is 27.2 Å². The van der Waals surface area contributed by atoms with Crippen LogP contribution in [0.2, 0.25) is 0 Å². The van der Waals surface area contributed by atoms with Crippen molar-refractivity contribution in [1.29, 1.82) is 0 Å². The molecule has 0 spiro atoms. The fourth-order valence-corrected chi connectivity index (χ4v) is 0. The summed E-state index contributed by atoms with van der Waals surface area (Å²) < 4.78 is 0. The first-order chi connectivity index (χ1) is 5.66. The molecule has 14 heavy (non-hydrogen) atoms. The van der Waals surface area contributed by atoms with Gasteiger partial charge in [-0.15, -0.1) is 0 Å². The maximum Gasteiger partial charge on any atom is 4.00 e. The van der Waals surface area contributed by atoms with E-state index >= 15 is 0 Å². The van der Waals surface area contributed by atoms with E-state index in [1.54, 1.807) is 0 Å². The number of aliphatic hydroxyl groups excluding tert-OH is 4. The van der Waals surface area contributed by atoms with Crippen LogP contribution in [0.3, 0.4) is 0 Å². The van der Waals surface area contributed by atoms with Gasteiger partial charge in [-0.1, -0.05) is 0 Å². The van der Waals surface area contributed by atoms with Gasteiger partial charge < -0.3 is 40.9 Å². The molecular formula is C5H12O9. The van der Waals surface area contributed by atoms with Gasteiger partial charge in [0.25, 0.3) is 0 Å². The van der Waals surface area contributed by atoms with Gasteiger partial charge in [-0.25, -0.2) is 0 Å². The molecule has 2 radical (unpaired) electrons. The first-order valence-electron chi connectivity index (χ1n) is 2.42. The summed E-state index contributed by atoms with van der Waals surface area (Å²) in [4.78, 5) is 0. The molecule has 0 saturated carbocycles. The molecule has 0 atom stereocenters. The van der Waals surface area contributed by atoms with Crippen LogP contribution in [-0.4, -0.2) is 47.6 Å². The minimum absolute atomic E-state index is 0. The molecule has 0 aromatic rings. The van der Waals surface area contributed by atoms with E-state index in [0.29, 0.717) is 0 Å². The average molecular weight is 216 g/mol. The monoisotopic (exact) mass is 216 g/mol. The van der Waals surface area contributed by atoms with E-state index in [0.717, 1.165) is 0 Å². The molecule has 0 fully saturated rings. The summed E-state index contributed by atoms with van der Waals surface area (Å²) in [5, 5.41) is 62.0. The zero-order valence-electron chi connectivity index (χ0n) is 7.16. The van der Waals surface area contributed by atoms with Crippen LogP contribution in [0.4, 0.5) is 0 Å². The fraction of sp³-hybridized carbons (Fsp3) is 0.800. The molecule has 0 aromatic carbocycles. The van der Waals surface area contributed by atoms with E-state index in [2.05, 4.69) is 0 Å². The van der Waals surface area contributed by atoms with Crippen LogP contribution in [0.25, 0.3) is 0 Å². The Labute approximate surface area is 82.1 Å². The summed E-state index contributed by atoms with van der Waals surface area (Å²) in [6, 6.07) is 0. The van der Waals surface area contributed by atoms with Crippen molar-refractivity contribution in [3.63, 3.8) is 0 Å². The number of hydrogen-bond acceptors (Lipinski definition) is 8. The van der Waals surface area contributed by atoms with Crippen molar-refractivity contribution in [3.8, 4) is 0 Å². The Balaban J connectivity index is -0.0000000145. The summed E-state index contributed by atoms with van der Waals surface area (Å²) in [6.07, 6.45) is 0. The normalized spacial score (nSPS) is 5.14. The van der Waals surface area contributed by atoms with Crippen molar-refractivity contribution >= 4 is 0 Å². The van der Waals surface area contributed by atoms with Crippen LogP contribution in [0, 0.1) is 7.43 Å². The standard InChI is InChI=1S/4CH3O2.C.O/c4*2-1-3;;/h4*2H,1H2;;/q4*-1;+4;. The smallest absolute Gasteiger partial charge is 0.834 e. The SMILES string of the molecule is [C+4].[O-]CO.[O-]CO.[O-]CO.[O-]CO.[O]. The van der Waals surface area contributed by atoms with Gasteiger partial charge in [-0.3, -0.25) is 0 Å². The van der Waals surface area contributed by atoms with Crippen molar-refractivity contribution in [3.05, 3.63) is 7.43 Å². The molecular weight excluding hydrogens is 204 g/mol. The summed E-state index contributed by atoms with van der Waals surface area (Å²) >= 11 is 0. The van der Waals surface area contributed by atoms with Gasteiger partial charge in [0, 0.05) is 5.48 Å². The van der Waals surface area contributed by atoms with Crippen molar-refractivity contribution in [2.75, 3.05) is 27.2 Å². The quantitative estimate of drug-likeness (QED) is 0.286. The van der Waals surface area contributed by atoms with Gasteiger partial charge in [0.2, 0.25) is 0 Å². The molecule has 0 aromatic heterocycles. The van der Waals surface area contributed by atoms with E-state index in [1.807, 2.05) is 0 Å². The molecule has 0 amide bonds. The van der Waals surface area contributed by atoms with Crippen LogP contribution in [0.5, 0.6) is 0 Å². The molecule has 0 unspecified atom stereocenters. The zero-order chi connectivity index (χ0) is 10.8. The van der Waals surface area contributed by atoms with Crippen LogP contribution >= 0.6 is 0 Å². The molecule has 0 aliphatic heterocycles. The molecule has 9 nitrogen and oxygen atoms in total. The molecule has 0 rings (SSSR count). The Morgan fingerprint density at radius 1 is 0.571 bits per heavy atom. The van der Waals surface area contributed by atoms with Gasteiger partial charge in [0.05, 0.1) is 0 Å². The van der Waals surface area contributed by atoms with Crippen molar-refractivity contribution in [2.24, 2.45) is 0 Å². The molecule has 0 bridgehead atoms. The van der Waals surface area contributed by atoms with Crippen LogP contribution in [-0.2, 0) is 5.48 Å².